The van der Waals surface area contributed by atoms with Crippen LogP contribution in [0.15, 0.2) is 24.3 Å². The molecule has 1 aliphatic rings. The van der Waals surface area contributed by atoms with Gasteiger partial charge in [0.05, 0.1) is 12.5 Å². The molecule has 1 heterocycles. The summed E-state index contributed by atoms with van der Waals surface area (Å²) < 4.78 is 50.5. The van der Waals surface area contributed by atoms with Crippen LogP contribution in [0, 0.1) is 5.82 Å². The number of alkyl halides is 3. The highest BCUT2D eigenvalue weighted by Crippen LogP contribution is 2.26. The standard InChI is InChI=1S/C16H20F4N2O/c17-13-6-2-1-5-12(13)14(22-9-3-4-10-22)11-21-15(23)7-8-16(18,19)20/h1-2,5-6,14H,3-4,7-11H2,(H,21,23). The number of halogens is 4. The highest BCUT2D eigenvalue weighted by Gasteiger charge is 2.29. The summed E-state index contributed by atoms with van der Waals surface area (Å²) in [6.45, 7) is 1.69. The second-order valence-corrected chi connectivity index (χ2v) is 5.70. The van der Waals surface area contributed by atoms with E-state index in [9.17, 15) is 22.4 Å². The van der Waals surface area contributed by atoms with E-state index in [2.05, 4.69) is 10.2 Å². The van der Waals surface area contributed by atoms with Crippen LogP contribution in [-0.4, -0.2) is 36.6 Å². The van der Waals surface area contributed by atoms with Crippen LogP contribution in [0.5, 0.6) is 0 Å². The average Bonchev–Trinajstić information content (AvgIpc) is 3.00. The first-order chi connectivity index (χ1) is 10.9. The van der Waals surface area contributed by atoms with Crippen LogP contribution < -0.4 is 5.32 Å². The molecule has 1 aromatic carbocycles. The van der Waals surface area contributed by atoms with Crippen molar-refractivity contribution in [3.8, 4) is 0 Å². The minimum Gasteiger partial charge on any atom is -0.354 e. The molecule has 7 heteroatoms. The van der Waals surface area contributed by atoms with Crippen molar-refractivity contribution in [3.05, 3.63) is 35.6 Å². The fourth-order valence-corrected chi connectivity index (χ4v) is 2.79. The zero-order chi connectivity index (χ0) is 16.9. The topological polar surface area (TPSA) is 32.3 Å². The highest BCUT2D eigenvalue weighted by atomic mass is 19.4. The lowest BCUT2D eigenvalue weighted by atomic mass is 10.0. The Hall–Kier alpha value is -1.63. The third-order valence-corrected chi connectivity index (χ3v) is 3.97. The molecular formula is C16H20F4N2O. The Morgan fingerprint density at radius 3 is 2.48 bits per heavy atom. The Balaban J connectivity index is 1.98. The summed E-state index contributed by atoms with van der Waals surface area (Å²) in [6, 6.07) is 5.95. The Kier molecular flexibility index (Phi) is 5.98. The number of carbonyl (C=O) groups excluding carboxylic acids is 1. The molecule has 1 atom stereocenters. The Morgan fingerprint density at radius 2 is 1.87 bits per heavy atom. The van der Waals surface area contributed by atoms with Crippen LogP contribution in [0.4, 0.5) is 17.6 Å². The minimum atomic E-state index is -4.35. The van der Waals surface area contributed by atoms with E-state index in [1.54, 1.807) is 18.2 Å². The Morgan fingerprint density at radius 1 is 1.22 bits per heavy atom. The predicted molar refractivity (Wildman–Crippen MR) is 78.2 cm³/mol. The lowest BCUT2D eigenvalue weighted by Crippen LogP contribution is -2.37. The summed E-state index contributed by atoms with van der Waals surface area (Å²) in [5.74, 6) is -1.03. The average molecular weight is 332 g/mol. The molecule has 0 aliphatic carbocycles. The van der Waals surface area contributed by atoms with Crippen LogP contribution >= 0.6 is 0 Å². The van der Waals surface area contributed by atoms with Gasteiger partial charge in [-0.05, 0) is 32.0 Å². The van der Waals surface area contributed by atoms with E-state index in [1.165, 1.54) is 6.07 Å². The maximum absolute atomic E-state index is 14.0. The summed E-state index contributed by atoms with van der Waals surface area (Å²) in [5, 5.41) is 2.51. The number of nitrogens with one attached hydrogen (secondary N) is 1. The molecule has 1 N–H and O–H groups in total. The quantitative estimate of drug-likeness (QED) is 0.810. The number of hydrogen-bond acceptors (Lipinski definition) is 2. The van der Waals surface area contributed by atoms with Crippen molar-refractivity contribution in [2.24, 2.45) is 0 Å². The molecule has 1 aliphatic heterocycles. The number of likely N-dealkylation sites (tertiary alicyclic amines) is 1. The number of amides is 1. The molecule has 0 spiro atoms. The molecule has 128 valence electrons. The third kappa shape index (κ3) is 5.49. The summed E-state index contributed by atoms with van der Waals surface area (Å²) in [6.07, 6.45) is -4.11. The van der Waals surface area contributed by atoms with E-state index < -0.39 is 24.9 Å². The molecule has 23 heavy (non-hydrogen) atoms. The monoisotopic (exact) mass is 332 g/mol. The molecule has 0 radical (unpaired) electrons. The van der Waals surface area contributed by atoms with Crippen molar-refractivity contribution in [2.75, 3.05) is 19.6 Å². The van der Waals surface area contributed by atoms with E-state index in [4.69, 9.17) is 0 Å². The molecular weight excluding hydrogens is 312 g/mol. The van der Waals surface area contributed by atoms with E-state index in [-0.39, 0.29) is 18.4 Å². The molecule has 0 saturated carbocycles. The van der Waals surface area contributed by atoms with E-state index in [1.807, 2.05) is 0 Å². The fourth-order valence-electron chi connectivity index (χ4n) is 2.79. The molecule has 0 aromatic heterocycles. The number of rotatable bonds is 6. The number of nitrogens with zero attached hydrogens (tertiary/aromatic N) is 1. The van der Waals surface area contributed by atoms with Crippen LogP contribution in [0.25, 0.3) is 0 Å². The van der Waals surface area contributed by atoms with Crippen molar-refractivity contribution in [2.45, 2.75) is 37.9 Å². The largest absolute Gasteiger partial charge is 0.389 e. The van der Waals surface area contributed by atoms with Gasteiger partial charge in [0.25, 0.3) is 0 Å². The summed E-state index contributed by atoms with van der Waals surface area (Å²) >= 11 is 0. The lowest BCUT2D eigenvalue weighted by Gasteiger charge is -2.28. The van der Waals surface area contributed by atoms with Crippen molar-refractivity contribution in [3.63, 3.8) is 0 Å². The fraction of sp³-hybridized carbons (Fsp3) is 0.562. The zero-order valence-corrected chi connectivity index (χ0v) is 12.7. The first-order valence-corrected chi connectivity index (χ1v) is 7.69. The maximum Gasteiger partial charge on any atom is 0.389 e. The molecule has 3 nitrogen and oxygen atoms in total. The molecule has 1 fully saturated rings. The summed E-state index contributed by atoms with van der Waals surface area (Å²) in [7, 11) is 0. The SMILES string of the molecule is O=C(CCC(F)(F)F)NCC(c1ccccc1F)N1CCCC1. The highest BCUT2D eigenvalue weighted by molar-refractivity contribution is 5.75. The Labute approximate surface area is 132 Å². The van der Waals surface area contributed by atoms with Gasteiger partial charge in [0.1, 0.15) is 5.82 Å². The maximum atomic E-state index is 14.0. The molecule has 1 aromatic rings. The van der Waals surface area contributed by atoms with Crippen LogP contribution in [0.1, 0.15) is 37.3 Å². The first kappa shape index (κ1) is 17.7. The van der Waals surface area contributed by atoms with Gasteiger partial charge in [0.15, 0.2) is 0 Å². The van der Waals surface area contributed by atoms with E-state index in [0.29, 0.717) is 5.56 Å². The van der Waals surface area contributed by atoms with Crippen molar-refractivity contribution in [1.82, 2.24) is 10.2 Å². The van der Waals surface area contributed by atoms with Gasteiger partial charge in [0.2, 0.25) is 5.91 Å². The molecule has 1 unspecified atom stereocenters. The van der Waals surface area contributed by atoms with Gasteiger partial charge in [-0.15, -0.1) is 0 Å². The molecule has 0 bridgehead atoms. The van der Waals surface area contributed by atoms with Crippen molar-refractivity contribution < 1.29 is 22.4 Å². The van der Waals surface area contributed by atoms with Gasteiger partial charge in [-0.2, -0.15) is 13.2 Å². The third-order valence-electron chi connectivity index (χ3n) is 3.97. The van der Waals surface area contributed by atoms with E-state index in [0.717, 1.165) is 25.9 Å². The Bertz CT molecular complexity index is 527. The lowest BCUT2D eigenvalue weighted by molar-refractivity contribution is -0.144. The van der Waals surface area contributed by atoms with Gasteiger partial charge >= 0.3 is 6.18 Å². The van der Waals surface area contributed by atoms with Crippen molar-refractivity contribution in [1.29, 1.82) is 0 Å². The van der Waals surface area contributed by atoms with Gasteiger partial charge < -0.3 is 5.32 Å². The zero-order valence-electron chi connectivity index (χ0n) is 12.7. The summed E-state index contributed by atoms with van der Waals surface area (Å²) in [5.41, 5.74) is 0.463. The van der Waals surface area contributed by atoms with Crippen LogP contribution in [-0.2, 0) is 4.79 Å². The van der Waals surface area contributed by atoms with Gasteiger partial charge in [-0.1, -0.05) is 18.2 Å². The summed E-state index contributed by atoms with van der Waals surface area (Å²) in [4.78, 5) is 13.7. The molecule has 1 amide bonds. The second kappa shape index (κ2) is 7.77. The molecule has 2 rings (SSSR count). The number of hydrogen-bond donors (Lipinski definition) is 1. The first-order valence-electron chi connectivity index (χ1n) is 7.69. The van der Waals surface area contributed by atoms with Crippen LogP contribution in [0.3, 0.4) is 0 Å². The van der Waals surface area contributed by atoms with Gasteiger partial charge in [-0.25, -0.2) is 4.39 Å². The van der Waals surface area contributed by atoms with Crippen LogP contribution in [0.2, 0.25) is 0 Å². The van der Waals surface area contributed by atoms with Gasteiger partial charge in [0, 0.05) is 18.5 Å². The second-order valence-electron chi connectivity index (χ2n) is 5.70. The van der Waals surface area contributed by atoms with E-state index >= 15 is 0 Å². The minimum absolute atomic E-state index is 0.109. The van der Waals surface area contributed by atoms with Gasteiger partial charge in [-0.3, -0.25) is 9.69 Å². The smallest absolute Gasteiger partial charge is 0.354 e. The number of carbonyl (C=O) groups is 1. The predicted octanol–water partition coefficient (Wildman–Crippen LogP) is 3.42. The normalized spacial score (nSPS) is 17.2. The molecule has 1 saturated heterocycles. The number of benzene rings is 1. The van der Waals surface area contributed by atoms with Crippen molar-refractivity contribution >= 4 is 5.91 Å².